The Labute approximate surface area is 190 Å². The minimum atomic E-state index is -0.615. The molecular formula is C21H16ClFN6O4. The first kappa shape index (κ1) is 22.1. The van der Waals surface area contributed by atoms with E-state index in [0.29, 0.717) is 11.2 Å². The zero-order valence-electron chi connectivity index (χ0n) is 16.9. The van der Waals surface area contributed by atoms with Gasteiger partial charge in [-0.15, -0.1) is 0 Å². The number of carbonyl (C=O) groups excluding carboxylic acids is 1. The number of hydrogen-bond acceptors (Lipinski definition) is 6. The number of benzene rings is 2. The molecule has 1 amide bonds. The van der Waals surface area contributed by atoms with Crippen molar-refractivity contribution in [2.75, 3.05) is 6.54 Å². The van der Waals surface area contributed by atoms with Crippen LogP contribution in [0.4, 0.5) is 10.1 Å². The van der Waals surface area contributed by atoms with Crippen LogP contribution in [0.25, 0.3) is 11.0 Å². The summed E-state index contributed by atoms with van der Waals surface area (Å²) in [6.07, 6.45) is 2.74. The topological polar surface area (TPSA) is 125 Å². The lowest BCUT2D eigenvalue weighted by Crippen LogP contribution is -2.28. The van der Waals surface area contributed by atoms with Crippen LogP contribution in [-0.4, -0.2) is 36.7 Å². The predicted octanol–water partition coefficient (Wildman–Crippen LogP) is 2.77. The minimum absolute atomic E-state index is 0.0189. The van der Waals surface area contributed by atoms with Gasteiger partial charge in [0, 0.05) is 18.7 Å². The summed E-state index contributed by atoms with van der Waals surface area (Å²) in [6.45, 7) is 0.468. The number of carbonyl (C=O) groups is 1. The van der Waals surface area contributed by atoms with Crippen molar-refractivity contribution in [3.8, 4) is 0 Å². The number of aromatic nitrogens is 4. The summed E-state index contributed by atoms with van der Waals surface area (Å²) in [4.78, 5) is 39.7. The molecular weight excluding hydrogens is 455 g/mol. The van der Waals surface area contributed by atoms with E-state index in [0.717, 1.165) is 6.07 Å². The lowest BCUT2D eigenvalue weighted by molar-refractivity contribution is -0.384. The molecule has 0 spiro atoms. The Kier molecular flexibility index (Phi) is 6.13. The normalized spacial score (nSPS) is 11.0. The van der Waals surface area contributed by atoms with Gasteiger partial charge in [-0.1, -0.05) is 23.7 Å². The summed E-state index contributed by atoms with van der Waals surface area (Å²) >= 11 is 5.98. The molecule has 0 aliphatic heterocycles. The van der Waals surface area contributed by atoms with Gasteiger partial charge >= 0.3 is 0 Å². The molecule has 33 heavy (non-hydrogen) atoms. The molecule has 4 aromatic rings. The predicted molar refractivity (Wildman–Crippen MR) is 118 cm³/mol. The van der Waals surface area contributed by atoms with Crippen molar-refractivity contribution in [3.05, 3.63) is 97.4 Å². The highest BCUT2D eigenvalue weighted by atomic mass is 35.5. The zero-order chi connectivity index (χ0) is 23.5. The summed E-state index contributed by atoms with van der Waals surface area (Å²) in [5.74, 6) is -0.971. The van der Waals surface area contributed by atoms with E-state index in [2.05, 4.69) is 15.4 Å². The van der Waals surface area contributed by atoms with E-state index in [9.17, 15) is 24.1 Å². The molecule has 168 valence electrons. The Hall–Kier alpha value is -4.12. The standard InChI is InChI=1S/C21H16ClFN6O4/c22-18-5-4-15(29(32)33)9-16(18)20(30)24-6-7-28-19-17(10-26-28)21(31)27(12-25-19)11-13-2-1-3-14(23)8-13/h1-5,8-10,12H,6-7,11H2,(H,24,30). The molecule has 4 rings (SSSR count). The van der Waals surface area contributed by atoms with Crippen LogP contribution in [0.1, 0.15) is 15.9 Å². The smallest absolute Gasteiger partial charge is 0.270 e. The number of hydrogen-bond donors (Lipinski definition) is 1. The average molecular weight is 471 g/mol. The van der Waals surface area contributed by atoms with Gasteiger partial charge in [0.1, 0.15) is 17.5 Å². The Bertz CT molecular complexity index is 1430. The van der Waals surface area contributed by atoms with Crippen molar-refractivity contribution < 1.29 is 14.1 Å². The number of nitro groups is 1. The van der Waals surface area contributed by atoms with Gasteiger partial charge in [0.25, 0.3) is 17.2 Å². The maximum atomic E-state index is 13.4. The number of fused-ring (bicyclic) bond motifs is 1. The number of nitrogens with zero attached hydrogens (tertiary/aromatic N) is 5. The average Bonchev–Trinajstić information content (AvgIpc) is 3.19. The fourth-order valence-corrected chi connectivity index (χ4v) is 3.48. The maximum Gasteiger partial charge on any atom is 0.270 e. The van der Waals surface area contributed by atoms with Crippen LogP contribution in [0.2, 0.25) is 5.02 Å². The number of rotatable bonds is 7. The van der Waals surface area contributed by atoms with Gasteiger partial charge in [0.2, 0.25) is 0 Å². The third-order valence-corrected chi connectivity index (χ3v) is 5.21. The summed E-state index contributed by atoms with van der Waals surface area (Å²) < 4.78 is 16.2. The molecule has 0 fully saturated rings. The van der Waals surface area contributed by atoms with Gasteiger partial charge in [-0.05, 0) is 23.8 Å². The van der Waals surface area contributed by atoms with E-state index in [1.165, 1.54) is 46.0 Å². The number of nitrogens with one attached hydrogen (secondary N) is 1. The third kappa shape index (κ3) is 4.72. The Morgan fingerprint density at radius 2 is 2.06 bits per heavy atom. The molecule has 0 saturated heterocycles. The first-order valence-corrected chi connectivity index (χ1v) is 10.1. The summed E-state index contributed by atoms with van der Waals surface area (Å²) in [6, 6.07) is 9.54. The van der Waals surface area contributed by atoms with E-state index in [1.54, 1.807) is 12.1 Å². The lowest BCUT2D eigenvalue weighted by Gasteiger charge is -2.08. The van der Waals surface area contributed by atoms with Crippen LogP contribution in [-0.2, 0) is 13.1 Å². The third-order valence-electron chi connectivity index (χ3n) is 4.88. The zero-order valence-corrected chi connectivity index (χ0v) is 17.7. The molecule has 12 heteroatoms. The maximum absolute atomic E-state index is 13.4. The van der Waals surface area contributed by atoms with Gasteiger partial charge in [0.05, 0.1) is 34.8 Å². The number of nitro benzene ring substituents is 1. The summed E-state index contributed by atoms with van der Waals surface area (Å²) in [5.41, 5.74) is 0.352. The van der Waals surface area contributed by atoms with E-state index in [1.807, 2.05) is 0 Å². The summed E-state index contributed by atoms with van der Waals surface area (Å²) in [5, 5.41) is 18.1. The largest absolute Gasteiger partial charge is 0.350 e. The molecule has 0 unspecified atom stereocenters. The van der Waals surface area contributed by atoms with Crippen molar-refractivity contribution >= 4 is 34.2 Å². The Morgan fingerprint density at radius 3 is 2.82 bits per heavy atom. The van der Waals surface area contributed by atoms with Crippen LogP contribution < -0.4 is 10.9 Å². The van der Waals surface area contributed by atoms with E-state index < -0.39 is 16.6 Å². The second-order valence-electron chi connectivity index (χ2n) is 7.09. The van der Waals surface area contributed by atoms with Crippen molar-refractivity contribution in [1.29, 1.82) is 0 Å². The highest BCUT2D eigenvalue weighted by Gasteiger charge is 2.16. The van der Waals surface area contributed by atoms with Crippen LogP contribution in [0.15, 0.2) is 59.8 Å². The SMILES string of the molecule is O=C(NCCn1ncc2c(=O)n(Cc3cccc(F)c3)cnc21)c1cc([N+](=O)[O-])ccc1Cl. The quantitative estimate of drug-likeness (QED) is 0.327. The summed E-state index contributed by atoms with van der Waals surface area (Å²) in [7, 11) is 0. The molecule has 2 aromatic heterocycles. The van der Waals surface area contributed by atoms with Crippen LogP contribution >= 0.6 is 11.6 Å². The van der Waals surface area contributed by atoms with Gasteiger partial charge in [-0.2, -0.15) is 5.10 Å². The van der Waals surface area contributed by atoms with Crippen LogP contribution in [0.5, 0.6) is 0 Å². The molecule has 2 aromatic carbocycles. The Balaban J connectivity index is 1.46. The highest BCUT2D eigenvalue weighted by Crippen LogP contribution is 2.21. The van der Waals surface area contributed by atoms with Crippen molar-refractivity contribution in [2.45, 2.75) is 13.1 Å². The van der Waals surface area contributed by atoms with Crippen LogP contribution in [0.3, 0.4) is 0 Å². The first-order valence-electron chi connectivity index (χ1n) is 9.71. The fourth-order valence-electron chi connectivity index (χ4n) is 3.28. The number of halogens is 2. The molecule has 0 bridgehead atoms. The van der Waals surface area contributed by atoms with Crippen molar-refractivity contribution in [2.24, 2.45) is 0 Å². The van der Waals surface area contributed by atoms with Crippen molar-refractivity contribution in [1.82, 2.24) is 24.6 Å². The van der Waals surface area contributed by atoms with Gasteiger partial charge in [0.15, 0.2) is 5.65 Å². The van der Waals surface area contributed by atoms with E-state index >= 15 is 0 Å². The number of amides is 1. The molecule has 0 atom stereocenters. The molecule has 0 aliphatic rings. The molecule has 0 saturated carbocycles. The molecule has 1 N–H and O–H groups in total. The van der Waals surface area contributed by atoms with Gasteiger partial charge < -0.3 is 5.32 Å². The van der Waals surface area contributed by atoms with E-state index in [4.69, 9.17) is 11.6 Å². The minimum Gasteiger partial charge on any atom is -0.350 e. The van der Waals surface area contributed by atoms with Gasteiger partial charge in [-0.3, -0.25) is 24.3 Å². The highest BCUT2D eigenvalue weighted by molar-refractivity contribution is 6.33. The molecule has 0 radical (unpaired) electrons. The molecule has 0 aliphatic carbocycles. The van der Waals surface area contributed by atoms with Crippen molar-refractivity contribution in [3.63, 3.8) is 0 Å². The second kappa shape index (κ2) is 9.17. The first-order chi connectivity index (χ1) is 15.8. The number of non-ortho nitro benzene ring substituents is 1. The van der Waals surface area contributed by atoms with Crippen LogP contribution in [0, 0.1) is 15.9 Å². The lowest BCUT2D eigenvalue weighted by atomic mass is 10.2. The fraction of sp³-hybridized carbons (Fsp3) is 0.143. The monoisotopic (exact) mass is 470 g/mol. The van der Waals surface area contributed by atoms with E-state index in [-0.39, 0.29) is 46.9 Å². The Morgan fingerprint density at radius 1 is 1.24 bits per heavy atom. The molecule has 2 heterocycles. The van der Waals surface area contributed by atoms with Gasteiger partial charge in [-0.25, -0.2) is 14.1 Å². The molecule has 10 nitrogen and oxygen atoms in total. The second-order valence-corrected chi connectivity index (χ2v) is 7.50.